The van der Waals surface area contributed by atoms with Crippen molar-refractivity contribution in [3.8, 4) is 0 Å². The summed E-state index contributed by atoms with van der Waals surface area (Å²) in [5.74, 6) is -0.673. The quantitative estimate of drug-likeness (QED) is 0.555. The highest BCUT2D eigenvalue weighted by atomic mass is 16.2. The summed E-state index contributed by atoms with van der Waals surface area (Å²) in [6, 6.07) is -0.954. The van der Waals surface area contributed by atoms with Crippen molar-refractivity contribution in [3.05, 3.63) is 0 Å². The molecule has 0 atom stereocenters. The van der Waals surface area contributed by atoms with Crippen LogP contribution in [-0.2, 0) is 9.59 Å². The summed E-state index contributed by atoms with van der Waals surface area (Å²) in [5, 5.41) is 0. The average Bonchev–Trinajstić information content (AvgIpc) is 2.86. The fourth-order valence-corrected chi connectivity index (χ4v) is 3.34. The van der Waals surface area contributed by atoms with Crippen LogP contribution in [-0.4, -0.2) is 87.4 Å². The Morgan fingerprint density at radius 3 is 1.33 bits per heavy atom. The number of carbonyl (C=O) groups is 4. The lowest BCUT2D eigenvalue weighted by molar-refractivity contribution is -0.133. The van der Waals surface area contributed by atoms with Crippen molar-refractivity contribution < 1.29 is 19.2 Å². The van der Waals surface area contributed by atoms with Crippen molar-refractivity contribution in [3.63, 3.8) is 0 Å². The zero-order valence-electron chi connectivity index (χ0n) is 16.5. The van der Waals surface area contributed by atoms with Crippen LogP contribution in [0.5, 0.6) is 0 Å². The van der Waals surface area contributed by atoms with E-state index in [-0.39, 0.29) is 31.6 Å². The summed E-state index contributed by atoms with van der Waals surface area (Å²) >= 11 is 0. The Balaban J connectivity index is 2.26. The van der Waals surface area contributed by atoms with Gasteiger partial charge >= 0.3 is 12.1 Å². The van der Waals surface area contributed by atoms with Gasteiger partial charge in [-0.05, 0) is 53.6 Å². The zero-order valence-corrected chi connectivity index (χ0v) is 16.5. The number of nitrogens with zero attached hydrogens (tertiary/aromatic N) is 4. The maximum Gasteiger partial charge on any atom is 0.329 e. The summed E-state index contributed by atoms with van der Waals surface area (Å²) in [7, 11) is 0. The predicted octanol–water partition coefficient (Wildman–Crippen LogP) is -0.273. The summed E-state index contributed by atoms with van der Waals surface area (Å²) in [5.41, 5.74) is 8.75. The topological polar surface area (TPSA) is 133 Å². The molecule has 6 amide bonds. The van der Waals surface area contributed by atoms with Gasteiger partial charge in [-0.1, -0.05) is 0 Å². The lowest BCUT2D eigenvalue weighted by Crippen LogP contribution is -2.55. The van der Waals surface area contributed by atoms with E-state index in [0.717, 1.165) is 9.80 Å². The van der Waals surface area contributed by atoms with Crippen molar-refractivity contribution >= 4 is 23.9 Å². The number of carbonyl (C=O) groups excluding carboxylic acids is 4. The minimum Gasteiger partial charge on any atom is -0.330 e. The van der Waals surface area contributed by atoms with Crippen molar-refractivity contribution in [1.82, 2.24) is 19.6 Å². The van der Waals surface area contributed by atoms with Gasteiger partial charge in [-0.2, -0.15) is 0 Å². The molecule has 0 radical (unpaired) electrons. The molecule has 2 fully saturated rings. The van der Waals surface area contributed by atoms with Crippen LogP contribution >= 0.6 is 0 Å². The molecule has 2 rings (SSSR count). The Labute approximate surface area is 159 Å². The normalized spacial score (nSPS) is 21.9. The van der Waals surface area contributed by atoms with E-state index in [9.17, 15) is 19.2 Å². The molecule has 152 valence electrons. The SMILES string of the molecule is CC1(C)C(=O)N(CCCN)C(=O)N1CN1C(=O)N(CCCN)C(=O)C1(C)C. The van der Waals surface area contributed by atoms with Gasteiger partial charge in [-0.15, -0.1) is 0 Å². The molecule has 2 saturated heterocycles. The summed E-state index contributed by atoms with van der Waals surface area (Å²) in [4.78, 5) is 56.0. The molecule has 0 aromatic carbocycles. The van der Waals surface area contributed by atoms with Gasteiger partial charge < -0.3 is 11.5 Å². The Morgan fingerprint density at radius 2 is 1.04 bits per heavy atom. The minimum atomic E-state index is -1.12. The average molecular weight is 382 g/mol. The minimum absolute atomic E-state index is 0.145. The van der Waals surface area contributed by atoms with E-state index in [4.69, 9.17) is 11.5 Å². The molecule has 10 nitrogen and oxygen atoms in total. The second-order valence-corrected chi connectivity index (χ2v) is 7.88. The molecular formula is C17H30N6O4. The number of hydrogen-bond donors (Lipinski definition) is 2. The van der Waals surface area contributed by atoms with E-state index >= 15 is 0 Å². The molecule has 2 aliphatic rings. The number of nitrogens with two attached hydrogens (primary N) is 2. The molecule has 4 N–H and O–H groups in total. The monoisotopic (exact) mass is 382 g/mol. The van der Waals surface area contributed by atoms with E-state index in [1.807, 2.05) is 0 Å². The van der Waals surface area contributed by atoms with Crippen LogP contribution in [0.4, 0.5) is 9.59 Å². The fourth-order valence-electron chi connectivity index (χ4n) is 3.34. The molecular weight excluding hydrogens is 352 g/mol. The van der Waals surface area contributed by atoms with Crippen molar-refractivity contribution in [1.29, 1.82) is 0 Å². The van der Waals surface area contributed by atoms with Gasteiger partial charge in [-0.25, -0.2) is 9.59 Å². The third-order valence-corrected chi connectivity index (χ3v) is 5.26. The number of hydrogen-bond acceptors (Lipinski definition) is 6. The smallest absolute Gasteiger partial charge is 0.329 e. The third kappa shape index (κ3) is 3.39. The first-order valence-electron chi connectivity index (χ1n) is 9.19. The van der Waals surface area contributed by atoms with Crippen molar-refractivity contribution in [2.24, 2.45) is 11.5 Å². The molecule has 0 unspecified atom stereocenters. The Hall–Kier alpha value is -2.20. The van der Waals surface area contributed by atoms with Gasteiger partial charge in [-0.3, -0.25) is 29.2 Å². The van der Waals surface area contributed by atoms with Crippen LogP contribution in [0.1, 0.15) is 40.5 Å². The van der Waals surface area contributed by atoms with E-state index in [1.165, 1.54) is 9.80 Å². The second kappa shape index (κ2) is 7.43. The van der Waals surface area contributed by atoms with Gasteiger partial charge in [0, 0.05) is 13.1 Å². The highest BCUT2D eigenvalue weighted by Crippen LogP contribution is 2.33. The maximum absolute atomic E-state index is 12.8. The van der Waals surface area contributed by atoms with Gasteiger partial charge in [0.15, 0.2) is 0 Å². The van der Waals surface area contributed by atoms with Crippen molar-refractivity contribution in [2.75, 3.05) is 32.8 Å². The standard InChI is InChI=1S/C17H30N6O4/c1-16(2)12(24)20(9-5-7-18)14(26)22(16)11-23-15(27)21(10-6-8-19)13(25)17(23,3)4/h5-11,18-19H2,1-4H3. The number of urea groups is 2. The van der Waals surface area contributed by atoms with Crippen LogP contribution in [0.3, 0.4) is 0 Å². The van der Waals surface area contributed by atoms with Gasteiger partial charge in [0.1, 0.15) is 17.7 Å². The number of amides is 6. The van der Waals surface area contributed by atoms with Crippen LogP contribution in [0, 0.1) is 0 Å². The molecule has 2 heterocycles. The second-order valence-electron chi connectivity index (χ2n) is 7.88. The van der Waals surface area contributed by atoms with E-state index in [0.29, 0.717) is 25.9 Å². The lowest BCUT2D eigenvalue weighted by atomic mass is 10.0. The van der Waals surface area contributed by atoms with E-state index in [1.54, 1.807) is 27.7 Å². The fraction of sp³-hybridized carbons (Fsp3) is 0.765. The van der Waals surface area contributed by atoms with Crippen LogP contribution in [0.25, 0.3) is 0 Å². The number of rotatable bonds is 8. The molecule has 0 saturated carbocycles. The number of imide groups is 2. The molecule has 2 aliphatic heterocycles. The van der Waals surface area contributed by atoms with Crippen LogP contribution in [0.15, 0.2) is 0 Å². The van der Waals surface area contributed by atoms with E-state index < -0.39 is 23.1 Å². The van der Waals surface area contributed by atoms with Gasteiger partial charge in [0.25, 0.3) is 11.8 Å². The molecule has 0 aliphatic carbocycles. The molecule has 27 heavy (non-hydrogen) atoms. The highest BCUT2D eigenvalue weighted by Gasteiger charge is 2.56. The first kappa shape index (κ1) is 21.1. The molecule has 10 heteroatoms. The predicted molar refractivity (Wildman–Crippen MR) is 98.3 cm³/mol. The Morgan fingerprint density at radius 1 is 0.704 bits per heavy atom. The van der Waals surface area contributed by atoms with Crippen LogP contribution in [0.2, 0.25) is 0 Å². The molecule has 0 bridgehead atoms. The molecule has 0 aromatic heterocycles. The van der Waals surface area contributed by atoms with E-state index in [2.05, 4.69) is 0 Å². The first-order valence-corrected chi connectivity index (χ1v) is 9.19. The Bertz CT molecular complexity index is 593. The maximum atomic E-state index is 12.8. The third-order valence-electron chi connectivity index (χ3n) is 5.26. The van der Waals surface area contributed by atoms with Gasteiger partial charge in [0.05, 0.1) is 0 Å². The summed E-state index contributed by atoms with van der Waals surface area (Å²) in [6.45, 7) is 7.58. The summed E-state index contributed by atoms with van der Waals surface area (Å²) < 4.78 is 0. The van der Waals surface area contributed by atoms with Crippen LogP contribution < -0.4 is 11.5 Å². The Kier molecular flexibility index (Phi) is 5.81. The molecule has 0 aromatic rings. The zero-order chi connectivity index (χ0) is 20.6. The molecule has 0 spiro atoms. The summed E-state index contributed by atoms with van der Waals surface area (Å²) in [6.07, 6.45) is 1.00. The van der Waals surface area contributed by atoms with Crippen molar-refractivity contribution in [2.45, 2.75) is 51.6 Å². The van der Waals surface area contributed by atoms with Gasteiger partial charge in [0.2, 0.25) is 0 Å². The highest BCUT2D eigenvalue weighted by molar-refractivity contribution is 6.08. The largest absolute Gasteiger partial charge is 0.330 e. The first-order chi connectivity index (χ1) is 12.5. The lowest BCUT2D eigenvalue weighted by Gasteiger charge is -2.36.